The van der Waals surface area contributed by atoms with Crippen molar-refractivity contribution in [1.29, 1.82) is 0 Å². The van der Waals surface area contributed by atoms with Gasteiger partial charge in [0.15, 0.2) is 0 Å². The van der Waals surface area contributed by atoms with Gasteiger partial charge >= 0.3 is 12.1 Å². The van der Waals surface area contributed by atoms with Gasteiger partial charge in [0.05, 0.1) is 18.2 Å². The van der Waals surface area contributed by atoms with Gasteiger partial charge < -0.3 is 15.0 Å². The first-order valence-corrected chi connectivity index (χ1v) is 7.76. The molecule has 1 aromatic carbocycles. The van der Waals surface area contributed by atoms with Crippen molar-refractivity contribution in [3.63, 3.8) is 0 Å². The number of nitrogens with zero attached hydrogens (tertiary/aromatic N) is 1. The Bertz CT molecular complexity index is 877. The Balaban J connectivity index is 0.00000364. The lowest BCUT2D eigenvalue weighted by Crippen LogP contribution is -2.33. The monoisotopic (exact) mass is 404 g/mol. The molecule has 0 saturated heterocycles. The third-order valence-electron chi connectivity index (χ3n) is 4.18. The molecule has 0 bridgehead atoms. The Morgan fingerprint density at radius 1 is 1.26 bits per heavy atom. The highest BCUT2D eigenvalue weighted by Crippen LogP contribution is 2.35. The Kier molecular flexibility index (Phi) is 7.22. The molecule has 0 saturated carbocycles. The number of aryl methyl sites for hydroxylation is 1. The maximum absolute atomic E-state index is 13.4. The van der Waals surface area contributed by atoms with Crippen molar-refractivity contribution in [2.75, 3.05) is 7.11 Å². The van der Waals surface area contributed by atoms with Gasteiger partial charge in [0, 0.05) is 12.7 Å². The summed E-state index contributed by atoms with van der Waals surface area (Å²) in [5.41, 5.74) is 4.57. The minimum Gasteiger partial charge on any atom is -0.468 e. The van der Waals surface area contributed by atoms with Crippen LogP contribution in [0.15, 0.2) is 35.1 Å². The molecule has 148 valence electrons. The molecule has 1 aromatic heterocycles. The molecular formula is C18H20ClF3N2O3. The molecule has 0 aliphatic carbocycles. The lowest BCUT2D eigenvalue weighted by Gasteiger charge is -2.16. The molecule has 0 fully saturated rings. The number of hydrogen-bond donors (Lipinski definition) is 1. The van der Waals surface area contributed by atoms with Crippen molar-refractivity contribution in [2.45, 2.75) is 25.6 Å². The summed E-state index contributed by atoms with van der Waals surface area (Å²) >= 11 is 0. The average molecular weight is 405 g/mol. The summed E-state index contributed by atoms with van der Waals surface area (Å²) in [4.78, 5) is 23.8. The van der Waals surface area contributed by atoms with Gasteiger partial charge in [0.2, 0.25) is 0 Å². The van der Waals surface area contributed by atoms with Gasteiger partial charge in [-0.2, -0.15) is 13.2 Å². The largest absolute Gasteiger partial charge is 0.468 e. The first-order chi connectivity index (χ1) is 12.1. The molecule has 2 aromatic rings. The van der Waals surface area contributed by atoms with Crippen LogP contribution in [0.3, 0.4) is 0 Å². The smallest absolute Gasteiger partial charge is 0.417 e. The number of hydrogen-bond acceptors (Lipinski definition) is 4. The van der Waals surface area contributed by atoms with E-state index in [9.17, 15) is 22.8 Å². The van der Waals surface area contributed by atoms with Crippen molar-refractivity contribution in [3.8, 4) is 11.1 Å². The van der Waals surface area contributed by atoms with Crippen LogP contribution in [0.2, 0.25) is 0 Å². The minimum absolute atomic E-state index is 0. The number of ether oxygens (including phenoxy) is 1. The minimum atomic E-state index is -4.65. The number of pyridine rings is 1. The van der Waals surface area contributed by atoms with Gasteiger partial charge in [-0.15, -0.1) is 12.4 Å². The zero-order chi connectivity index (χ0) is 19.6. The summed E-state index contributed by atoms with van der Waals surface area (Å²) in [5, 5.41) is 0. The Morgan fingerprint density at radius 2 is 1.81 bits per heavy atom. The Labute approximate surface area is 160 Å². The number of carbonyl (C=O) groups is 1. The molecule has 0 amide bonds. The second-order valence-electron chi connectivity index (χ2n) is 5.97. The molecule has 0 aliphatic heterocycles. The van der Waals surface area contributed by atoms with E-state index in [1.165, 1.54) is 49.9 Å². The number of benzene rings is 1. The normalized spacial score (nSPS) is 12.3. The van der Waals surface area contributed by atoms with E-state index >= 15 is 0 Å². The van der Waals surface area contributed by atoms with Crippen LogP contribution in [0.4, 0.5) is 13.2 Å². The SMILES string of the molecule is COC(=O)C(N)Cc1ccc(-c2c(C(F)(F)F)cc(C)n(C)c2=O)cc1.Cl. The summed E-state index contributed by atoms with van der Waals surface area (Å²) in [6.07, 6.45) is -4.48. The van der Waals surface area contributed by atoms with Gasteiger partial charge in [-0.3, -0.25) is 9.59 Å². The molecular weight excluding hydrogens is 385 g/mol. The van der Waals surface area contributed by atoms with E-state index in [0.717, 1.165) is 6.07 Å². The average Bonchev–Trinajstić information content (AvgIpc) is 2.58. The van der Waals surface area contributed by atoms with Crippen LogP contribution in [-0.2, 0) is 29.2 Å². The maximum Gasteiger partial charge on any atom is 0.417 e. The van der Waals surface area contributed by atoms with Crippen LogP contribution >= 0.6 is 12.4 Å². The summed E-state index contributed by atoms with van der Waals surface area (Å²) in [7, 11) is 2.64. The summed E-state index contributed by atoms with van der Waals surface area (Å²) in [6.45, 7) is 1.44. The lowest BCUT2D eigenvalue weighted by atomic mass is 9.97. The molecule has 2 N–H and O–H groups in total. The zero-order valence-corrected chi connectivity index (χ0v) is 15.8. The van der Waals surface area contributed by atoms with E-state index < -0.39 is 34.9 Å². The molecule has 5 nitrogen and oxygen atoms in total. The van der Waals surface area contributed by atoms with E-state index in [1.807, 2.05) is 0 Å². The van der Waals surface area contributed by atoms with Crippen molar-refractivity contribution in [1.82, 2.24) is 4.57 Å². The number of methoxy groups -OCH3 is 1. The van der Waals surface area contributed by atoms with E-state index in [2.05, 4.69) is 4.74 Å². The van der Waals surface area contributed by atoms with Crippen molar-refractivity contribution in [3.05, 3.63) is 57.5 Å². The second-order valence-corrected chi connectivity index (χ2v) is 5.97. The van der Waals surface area contributed by atoms with E-state index in [1.54, 1.807) is 0 Å². The number of alkyl halides is 3. The molecule has 1 heterocycles. The third-order valence-corrected chi connectivity index (χ3v) is 4.18. The molecule has 0 radical (unpaired) electrons. The van der Waals surface area contributed by atoms with Crippen LogP contribution in [-0.4, -0.2) is 23.7 Å². The van der Waals surface area contributed by atoms with Gasteiger partial charge in [0.25, 0.3) is 5.56 Å². The zero-order valence-electron chi connectivity index (χ0n) is 15.0. The second kappa shape index (κ2) is 8.58. The molecule has 0 aliphatic rings. The molecule has 9 heteroatoms. The van der Waals surface area contributed by atoms with Crippen molar-refractivity contribution in [2.24, 2.45) is 12.8 Å². The highest BCUT2D eigenvalue weighted by molar-refractivity contribution is 5.85. The number of esters is 1. The first-order valence-electron chi connectivity index (χ1n) is 7.76. The van der Waals surface area contributed by atoms with Crippen LogP contribution < -0.4 is 11.3 Å². The van der Waals surface area contributed by atoms with Crippen LogP contribution in [0.5, 0.6) is 0 Å². The van der Waals surface area contributed by atoms with E-state index in [0.29, 0.717) is 5.56 Å². The third kappa shape index (κ3) is 4.90. The molecule has 27 heavy (non-hydrogen) atoms. The number of rotatable bonds is 4. The lowest BCUT2D eigenvalue weighted by molar-refractivity contribution is -0.142. The fourth-order valence-electron chi connectivity index (χ4n) is 2.62. The number of nitrogens with two attached hydrogens (primary N) is 1. The summed E-state index contributed by atoms with van der Waals surface area (Å²) < 4.78 is 45.9. The van der Waals surface area contributed by atoms with E-state index in [4.69, 9.17) is 5.73 Å². The molecule has 1 atom stereocenters. The fourth-order valence-corrected chi connectivity index (χ4v) is 2.62. The number of aromatic nitrogens is 1. The quantitative estimate of drug-likeness (QED) is 0.795. The summed E-state index contributed by atoms with van der Waals surface area (Å²) in [6, 6.07) is 6.00. The summed E-state index contributed by atoms with van der Waals surface area (Å²) in [5.74, 6) is -0.583. The Morgan fingerprint density at radius 3 is 2.30 bits per heavy atom. The highest BCUT2D eigenvalue weighted by Gasteiger charge is 2.35. The predicted octanol–water partition coefficient (Wildman–Crippen LogP) is 2.84. The van der Waals surface area contributed by atoms with Gasteiger partial charge in [-0.25, -0.2) is 0 Å². The molecule has 2 rings (SSSR count). The predicted molar refractivity (Wildman–Crippen MR) is 97.8 cm³/mol. The van der Waals surface area contributed by atoms with E-state index in [-0.39, 0.29) is 30.1 Å². The van der Waals surface area contributed by atoms with Crippen LogP contribution in [0.1, 0.15) is 16.8 Å². The van der Waals surface area contributed by atoms with Crippen molar-refractivity contribution >= 4 is 18.4 Å². The first kappa shape index (κ1) is 22.7. The standard InChI is InChI=1S/C18H19F3N2O3.ClH/c1-10-8-13(18(19,20)21)15(16(24)23(10)2)12-6-4-11(5-7-12)9-14(22)17(25)26-3;/h4-8,14H,9,22H2,1-3H3;1H. The number of halogens is 4. The van der Waals surface area contributed by atoms with Gasteiger partial charge in [0.1, 0.15) is 6.04 Å². The van der Waals surface area contributed by atoms with Gasteiger partial charge in [-0.05, 0) is 30.5 Å². The Hall–Kier alpha value is -2.32. The van der Waals surface area contributed by atoms with Crippen LogP contribution in [0, 0.1) is 6.92 Å². The fraction of sp³-hybridized carbons (Fsp3) is 0.333. The maximum atomic E-state index is 13.4. The van der Waals surface area contributed by atoms with Gasteiger partial charge in [-0.1, -0.05) is 24.3 Å². The highest BCUT2D eigenvalue weighted by atomic mass is 35.5. The molecule has 1 unspecified atom stereocenters. The van der Waals surface area contributed by atoms with Crippen LogP contribution in [0.25, 0.3) is 11.1 Å². The van der Waals surface area contributed by atoms with Crippen molar-refractivity contribution < 1.29 is 22.7 Å². The topological polar surface area (TPSA) is 74.3 Å². The number of carbonyl (C=O) groups excluding carboxylic acids is 1. The molecule has 0 spiro atoms.